The first-order valence-electron chi connectivity index (χ1n) is 9.30. The van der Waals surface area contributed by atoms with Gasteiger partial charge in [0.05, 0.1) is 21.8 Å². The molecule has 1 N–H and O–H groups in total. The summed E-state index contributed by atoms with van der Waals surface area (Å²) >= 11 is 5.74. The second-order valence-corrected chi connectivity index (χ2v) is 7.29. The molecule has 2 heterocycles. The van der Waals surface area contributed by atoms with Gasteiger partial charge in [0.2, 0.25) is 5.91 Å². The van der Waals surface area contributed by atoms with Gasteiger partial charge in [0.15, 0.2) is 5.65 Å². The van der Waals surface area contributed by atoms with Crippen LogP contribution in [0.2, 0.25) is 5.02 Å². The molecule has 5 nitrogen and oxygen atoms in total. The molecule has 0 saturated carbocycles. The summed E-state index contributed by atoms with van der Waals surface area (Å²) in [5.41, 5.74) is 1.66. The van der Waals surface area contributed by atoms with Crippen LogP contribution in [0.15, 0.2) is 54.6 Å². The van der Waals surface area contributed by atoms with Crippen molar-refractivity contribution >= 4 is 34.2 Å². The van der Waals surface area contributed by atoms with Crippen LogP contribution in [-0.4, -0.2) is 20.7 Å². The molecule has 0 radical (unpaired) electrons. The number of carbonyl (C=O) groups is 1. The lowest BCUT2D eigenvalue weighted by atomic mass is 10.1. The van der Waals surface area contributed by atoms with Crippen LogP contribution in [-0.2, 0) is 11.3 Å². The van der Waals surface area contributed by atoms with Gasteiger partial charge in [-0.15, -0.1) is 0 Å². The van der Waals surface area contributed by atoms with Crippen molar-refractivity contribution in [1.29, 1.82) is 0 Å². The molecule has 0 fully saturated rings. The fraction of sp³-hybridized carbons (Fsp3) is 0.136. The Kier molecular flexibility index (Phi) is 5.65. The number of aromatic nitrogens is 3. The van der Waals surface area contributed by atoms with E-state index in [0.29, 0.717) is 22.6 Å². The molecule has 4 aromatic rings. The lowest BCUT2D eigenvalue weighted by molar-refractivity contribution is -0.116. The van der Waals surface area contributed by atoms with Gasteiger partial charge in [-0.2, -0.15) is 5.10 Å². The molecule has 0 bridgehead atoms. The van der Waals surface area contributed by atoms with Crippen molar-refractivity contribution in [1.82, 2.24) is 14.8 Å². The van der Waals surface area contributed by atoms with Gasteiger partial charge >= 0.3 is 0 Å². The number of pyridine rings is 1. The summed E-state index contributed by atoms with van der Waals surface area (Å²) in [6, 6.07) is 14.0. The van der Waals surface area contributed by atoms with Crippen LogP contribution in [0.5, 0.6) is 0 Å². The van der Waals surface area contributed by atoms with E-state index in [1.54, 1.807) is 31.2 Å². The third-order valence-corrected chi connectivity index (χ3v) is 5.00. The van der Waals surface area contributed by atoms with Crippen molar-refractivity contribution < 1.29 is 18.0 Å². The normalized spacial score (nSPS) is 11.3. The van der Waals surface area contributed by atoms with Crippen LogP contribution in [0, 0.1) is 12.7 Å². The average Bonchev–Trinajstić information content (AvgIpc) is 3.05. The smallest absolute Gasteiger partial charge is 0.264 e. The number of carbonyl (C=O) groups excluding carboxylic acids is 1. The Morgan fingerprint density at radius 2 is 1.90 bits per heavy atom. The fourth-order valence-corrected chi connectivity index (χ4v) is 3.52. The topological polar surface area (TPSA) is 59.8 Å². The lowest BCUT2D eigenvalue weighted by Crippen LogP contribution is -2.20. The van der Waals surface area contributed by atoms with Gasteiger partial charge in [0.25, 0.3) is 6.43 Å². The molecular formula is C22H16ClF3N4O. The van der Waals surface area contributed by atoms with E-state index < -0.39 is 18.1 Å². The predicted octanol–water partition coefficient (Wildman–Crippen LogP) is 5.78. The number of halogens is 4. The number of amides is 1. The minimum absolute atomic E-state index is 0.131. The maximum Gasteiger partial charge on any atom is 0.264 e. The van der Waals surface area contributed by atoms with Gasteiger partial charge in [0, 0.05) is 16.8 Å². The first-order valence-corrected chi connectivity index (χ1v) is 9.68. The summed E-state index contributed by atoms with van der Waals surface area (Å²) in [5, 5.41) is 6.93. The van der Waals surface area contributed by atoms with Crippen LogP contribution in [0.3, 0.4) is 0 Å². The van der Waals surface area contributed by atoms with Crippen molar-refractivity contribution in [3.8, 4) is 11.3 Å². The molecule has 4 rings (SSSR count). The number of hydrogen-bond acceptors (Lipinski definition) is 3. The SMILES string of the molecule is Cc1nn(CC(=O)Nc2ccc(F)c(Cl)c2)c2nc(-c3ccccc3)cc(C(F)F)c12. The van der Waals surface area contributed by atoms with Crippen molar-refractivity contribution in [2.75, 3.05) is 5.32 Å². The number of nitrogens with one attached hydrogen (secondary N) is 1. The summed E-state index contributed by atoms with van der Waals surface area (Å²) in [6.07, 6.45) is -2.74. The Morgan fingerprint density at radius 1 is 1.16 bits per heavy atom. The number of fused-ring (bicyclic) bond motifs is 1. The second-order valence-electron chi connectivity index (χ2n) is 6.88. The number of aryl methyl sites for hydroxylation is 1. The minimum Gasteiger partial charge on any atom is -0.324 e. The summed E-state index contributed by atoms with van der Waals surface area (Å²) in [6.45, 7) is 1.32. The minimum atomic E-state index is -2.74. The molecule has 0 atom stereocenters. The molecule has 0 aliphatic rings. The molecule has 0 unspecified atom stereocenters. The molecule has 0 saturated heterocycles. The van der Waals surface area contributed by atoms with E-state index in [1.165, 1.54) is 22.9 Å². The molecule has 1 amide bonds. The Labute approximate surface area is 180 Å². The van der Waals surface area contributed by atoms with E-state index in [-0.39, 0.29) is 28.2 Å². The Balaban J connectivity index is 1.73. The largest absolute Gasteiger partial charge is 0.324 e. The summed E-state index contributed by atoms with van der Waals surface area (Å²) in [5.74, 6) is -1.09. The van der Waals surface area contributed by atoms with Gasteiger partial charge < -0.3 is 5.32 Å². The first kappa shape index (κ1) is 20.9. The number of alkyl halides is 2. The van der Waals surface area contributed by atoms with Crippen molar-refractivity contribution in [2.45, 2.75) is 19.9 Å². The van der Waals surface area contributed by atoms with Crippen molar-refractivity contribution in [3.05, 3.63) is 76.7 Å². The van der Waals surface area contributed by atoms with Crippen LogP contribution in [0.25, 0.3) is 22.3 Å². The molecule has 0 aliphatic heterocycles. The van der Waals surface area contributed by atoms with Crippen LogP contribution >= 0.6 is 11.6 Å². The molecule has 158 valence electrons. The van der Waals surface area contributed by atoms with E-state index in [2.05, 4.69) is 15.4 Å². The first-order chi connectivity index (χ1) is 14.8. The molecule has 0 spiro atoms. The quantitative estimate of drug-likeness (QED) is 0.424. The third kappa shape index (κ3) is 4.25. The standard InChI is InChI=1S/C22H16ClF3N4O/c1-12-20-15(21(25)26)10-18(13-5-3-2-4-6-13)28-22(20)30(29-12)11-19(31)27-14-7-8-17(24)16(23)9-14/h2-10,21H,11H2,1H3,(H,27,31). The monoisotopic (exact) mass is 444 g/mol. The number of rotatable bonds is 5. The zero-order valence-corrected chi connectivity index (χ0v) is 17.0. The predicted molar refractivity (Wildman–Crippen MR) is 113 cm³/mol. The molecule has 31 heavy (non-hydrogen) atoms. The zero-order valence-electron chi connectivity index (χ0n) is 16.2. The number of benzene rings is 2. The van der Waals surface area contributed by atoms with Gasteiger partial charge in [-0.3, -0.25) is 4.79 Å². The van der Waals surface area contributed by atoms with Crippen LogP contribution in [0.1, 0.15) is 17.7 Å². The van der Waals surface area contributed by atoms with E-state index in [4.69, 9.17) is 11.6 Å². The van der Waals surface area contributed by atoms with E-state index in [1.807, 2.05) is 6.07 Å². The highest BCUT2D eigenvalue weighted by molar-refractivity contribution is 6.31. The van der Waals surface area contributed by atoms with Crippen LogP contribution in [0.4, 0.5) is 18.9 Å². The highest BCUT2D eigenvalue weighted by Gasteiger charge is 2.22. The fourth-order valence-electron chi connectivity index (χ4n) is 3.34. The van der Waals surface area contributed by atoms with E-state index in [0.717, 1.165) is 6.07 Å². The molecule has 2 aromatic carbocycles. The number of anilines is 1. The average molecular weight is 445 g/mol. The number of nitrogens with zero attached hydrogens (tertiary/aromatic N) is 3. The molecular weight excluding hydrogens is 429 g/mol. The van der Waals surface area contributed by atoms with E-state index >= 15 is 0 Å². The van der Waals surface area contributed by atoms with Gasteiger partial charge in [-0.1, -0.05) is 41.9 Å². The lowest BCUT2D eigenvalue weighted by Gasteiger charge is -2.09. The number of hydrogen-bond donors (Lipinski definition) is 1. The van der Waals surface area contributed by atoms with Gasteiger partial charge in [-0.05, 0) is 31.2 Å². The summed E-state index contributed by atoms with van der Waals surface area (Å²) in [4.78, 5) is 17.0. The van der Waals surface area contributed by atoms with Crippen molar-refractivity contribution in [3.63, 3.8) is 0 Å². The maximum absolute atomic E-state index is 13.8. The summed E-state index contributed by atoms with van der Waals surface area (Å²) < 4.78 is 42.2. The zero-order chi connectivity index (χ0) is 22.1. The third-order valence-electron chi connectivity index (χ3n) is 4.71. The van der Waals surface area contributed by atoms with Crippen LogP contribution < -0.4 is 5.32 Å². The van der Waals surface area contributed by atoms with E-state index in [9.17, 15) is 18.0 Å². The van der Waals surface area contributed by atoms with Gasteiger partial charge in [0.1, 0.15) is 12.4 Å². The second kappa shape index (κ2) is 8.39. The molecule has 0 aliphatic carbocycles. The van der Waals surface area contributed by atoms with Crippen molar-refractivity contribution in [2.24, 2.45) is 0 Å². The summed E-state index contributed by atoms with van der Waals surface area (Å²) in [7, 11) is 0. The van der Waals surface area contributed by atoms with Gasteiger partial charge in [-0.25, -0.2) is 22.8 Å². The Bertz CT molecular complexity index is 1270. The highest BCUT2D eigenvalue weighted by atomic mass is 35.5. The highest BCUT2D eigenvalue weighted by Crippen LogP contribution is 2.33. The molecule has 9 heteroatoms. The molecule has 2 aromatic heterocycles. The Hall–Kier alpha value is -3.39. The Morgan fingerprint density at radius 3 is 2.58 bits per heavy atom. The maximum atomic E-state index is 13.8.